The average Bonchev–Trinajstić information content (AvgIpc) is 3.02. The number of imide groups is 1. The van der Waals surface area contributed by atoms with Crippen molar-refractivity contribution < 1.29 is 27.6 Å². The largest absolute Gasteiger partial charge is 0.352 e. The molecule has 2 amide bonds. The Kier molecular flexibility index (Phi) is 3.93. The van der Waals surface area contributed by atoms with Crippen LogP contribution in [0.5, 0.6) is 0 Å². The van der Waals surface area contributed by atoms with Crippen molar-refractivity contribution in [2.24, 2.45) is 12.2 Å². The smallest absolute Gasteiger partial charge is 0.339 e. The molecule has 0 saturated carbocycles. The Morgan fingerprint density at radius 1 is 1.16 bits per heavy atom. The number of fused-ring (bicyclic) bond motifs is 1. The van der Waals surface area contributed by atoms with Gasteiger partial charge in [-0.2, -0.15) is 0 Å². The quantitative estimate of drug-likeness (QED) is 0.760. The van der Waals surface area contributed by atoms with Crippen LogP contribution in [0, 0.1) is 0 Å². The fourth-order valence-corrected chi connectivity index (χ4v) is 3.05. The lowest BCUT2D eigenvalue weighted by Crippen LogP contribution is -2.33. The molecule has 25 heavy (non-hydrogen) atoms. The van der Waals surface area contributed by atoms with Gasteiger partial charge in [0, 0.05) is 18.9 Å². The molecule has 0 atom stereocenters. The zero-order chi connectivity index (χ0) is 18.4. The van der Waals surface area contributed by atoms with E-state index >= 15 is 0 Å². The summed E-state index contributed by atoms with van der Waals surface area (Å²) in [5.41, 5.74) is 0.594. The summed E-state index contributed by atoms with van der Waals surface area (Å²) < 4.78 is 24.0. The molecule has 1 aromatic heterocycles. The number of aromatic nitrogens is 1. The van der Waals surface area contributed by atoms with Crippen molar-refractivity contribution in [3.05, 3.63) is 53.3 Å². The van der Waals surface area contributed by atoms with Crippen molar-refractivity contribution >= 4 is 27.8 Å². The fraction of sp³-hybridized carbons (Fsp3) is 0.133. The van der Waals surface area contributed by atoms with Crippen molar-refractivity contribution in [2.75, 3.05) is 0 Å². The minimum absolute atomic E-state index is 0.149. The molecule has 3 rings (SSSR count). The van der Waals surface area contributed by atoms with Gasteiger partial charge in [-0.1, -0.05) is 17.2 Å². The number of hydrogen-bond donors (Lipinski definition) is 1. The molecule has 0 fully saturated rings. The molecule has 0 aliphatic carbocycles. The van der Waals surface area contributed by atoms with E-state index in [9.17, 15) is 22.8 Å². The maximum absolute atomic E-state index is 12.1. The Morgan fingerprint density at radius 3 is 2.20 bits per heavy atom. The van der Waals surface area contributed by atoms with Gasteiger partial charge < -0.3 is 9.40 Å². The number of amides is 2. The van der Waals surface area contributed by atoms with Crippen molar-refractivity contribution in [3.8, 4) is 0 Å². The predicted octanol–water partition coefficient (Wildman–Crippen LogP) is -0.0306. The molecule has 2 heterocycles. The Morgan fingerprint density at radius 2 is 1.72 bits per heavy atom. The molecular weight excluding hydrogens is 350 g/mol. The Balaban J connectivity index is 1.75. The van der Waals surface area contributed by atoms with Gasteiger partial charge in [0.25, 0.3) is 11.8 Å². The first-order chi connectivity index (χ1) is 11.7. The maximum Gasteiger partial charge on any atom is 0.339 e. The molecule has 0 spiro atoms. The molecule has 2 aromatic rings. The van der Waals surface area contributed by atoms with Gasteiger partial charge in [0.1, 0.15) is 0 Å². The second-order valence-electron chi connectivity index (χ2n) is 5.41. The number of sulfonamides is 1. The molecular formula is C15H13N3O6S. The van der Waals surface area contributed by atoms with Crippen LogP contribution >= 0.6 is 0 Å². The van der Waals surface area contributed by atoms with Crippen LogP contribution in [-0.2, 0) is 33.1 Å². The highest BCUT2D eigenvalue weighted by atomic mass is 32.2. The summed E-state index contributed by atoms with van der Waals surface area (Å²) in [6.45, 7) is 0. The first-order valence-electron chi connectivity index (χ1n) is 7.05. The number of hydroxylamine groups is 2. The number of rotatable bonds is 4. The summed E-state index contributed by atoms with van der Waals surface area (Å²) in [6, 6.07) is 7.32. The fourth-order valence-electron chi connectivity index (χ4n) is 2.44. The van der Waals surface area contributed by atoms with Gasteiger partial charge in [-0.25, -0.2) is 18.4 Å². The Bertz CT molecular complexity index is 973. The number of carbonyl (C=O) groups excluding carboxylic acids is 3. The highest BCUT2D eigenvalue weighted by Gasteiger charge is 2.38. The number of nitrogens with zero attached hydrogens (tertiary/aromatic N) is 2. The number of carbonyl (C=O) groups is 3. The van der Waals surface area contributed by atoms with E-state index in [1.807, 2.05) is 0 Å². The number of primary sulfonamides is 1. The van der Waals surface area contributed by atoms with E-state index in [1.165, 1.54) is 36.0 Å². The van der Waals surface area contributed by atoms with Gasteiger partial charge in [-0.3, -0.25) is 9.59 Å². The van der Waals surface area contributed by atoms with E-state index in [0.717, 1.165) is 0 Å². The second-order valence-corrected chi connectivity index (χ2v) is 6.97. The SMILES string of the molecule is Cn1cc(S(N)(=O)=O)cc1CC(=O)ON1C(=O)c2ccccc2C1=O. The van der Waals surface area contributed by atoms with Crippen molar-refractivity contribution in [2.45, 2.75) is 11.3 Å². The van der Waals surface area contributed by atoms with Crippen molar-refractivity contribution in [1.29, 1.82) is 0 Å². The summed E-state index contributed by atoms with van der Waals surface area (Å²) in [4.78, 5) is 41.0. The predicted molar refractivity (Wildman–Crippen MR) is 83.5 cm³/mol. The standard InChI is InChI=1S/C15H13N3O6S/c1-17-8-10(25(16,22)23)6-9(17)7-13(19)24-18-14(20)11-4-2-3-5-12(11)15(18)21/h2-6,8H,7H2,1H3,(H2,16,22,23). The Hall–Kier alpha value is -2.98. The summed E-state index contributed by atoms with van der Waals surface area (Å²) in [5, 5.41) is 5.43. The third-order valence-electron chi connectivity index (χ3n) is 3.69. The summed E-state index contributed by atoms with van der Waals surface area (Å²) in [7, 11) is -2.38. The van der Waals surface area contributed by atoms with Crippen LogP contribution in [0.2, 0.25) is 0 Å². The van der Waals surface area contributed by atoms with Crippen molar-refractivity contribution in [1.82, 2.24) is 9.63 Å². The summed E-state index contributed by atoms with van der Waals surface area (Å²) >= 11 is 0. The summed E-state index contributed by atoms with van der Waals surface area (Å²) in [5.74, 6) is -2.35. The number of aryl methyl sites for hydroxylation is 1. The minimum Gasteiger partial charge on any atom is -0.352 e. The molecule has 0 radical (unpaired) electrons. The third-order valence-corrected chi connectivity index (χ3v) is 4.57. The lowest BCUT2D eigenvalue weighted by molar-refractivity contribution is -0.167. The maximum atomic E-state index is 12.1. The lowest BCUT2D eigenvalue weighted by atomic mass is 10.1. The summed E-state index contributed by atoms with van der Waals surface area (Å²) in [6.07, 6.45) is 0.902. The highest BCUT2D eigenvalue weighted by molar-refractivity contribution is 7.89. The molecule has 10 heteroatoms. The average molecular weight is 363 g/mol. The molecule has 0 saturated heterocycles. The first kappa shape index (κ1) is 16.9. The van der Waals surface area contributed by atoms with E-state index in [1.54, 1.807) is 12.1 Å². The van der Waals surface area contributed by atoms with Crippen LogP contribution in [0.25, 0.3) is 0 Å². The number of benzene rings is 1. The van der Waals surface area contributed by atoms with E-state index in [-0.39, 0.29) is 22.4 Å². The van der Waals surface area contributed by atoms with Gasteiger partial charge in [0.2, 0.25) is 10.0 Å². The topological polar surface area (TPSA) is 129 Å². The van der Waals surface area contributed by atoms with Gasteiger partial charge in [-0.05, 0) is 18.2 Å². The zero-order valence-corrected chi connectivity index (χ0v) is 13.8. The van der Waals surface area contributed by atoms with Gasteiger partial charge in [-0.15, -0.1) is 0 Å². The van der Waals surface area contributed by atoms with Crippen LogP contribution in [0.4, 0.5) is 0 Å². The molecule has 0 bridgehead atoms. The van der Waals surface area contributed by atoms with E-state index in [4.69, 9.17) is 9.98 Å². The van der Waals surface area contributed by atoms with E-state index in [2.05, 4.69) is 0 Å². The Labute approximate surface area is 142 Å². The zero-order valence-electron chi connectivity index (χ0n) is 13.0. The minimum atomic E-state index is -3.91. The molecule has 130 valence electrons. The normalized spacial score (nSPS) is 13.9. The second kappa shape index (κ2) is 5.83. The van der Waals surface area contributed by atoms with Gasteiger partial charge in [0.05, 0.1) is 22.4 Å². The molecule has 0 unspecified atom stereocenters. The molecule has 1 aromatic carbocycles. The lowest BCUT2D eigenvalue weighted by Gasteiger charge is -2.12. The molecule has 2 N–H and O–H groups in total. The first-order valence-corrected chi connectivity index (χ1v) is 8.60. The van der Waals surface area contributed by atoms with Gasteiger partial charge >= 0.3 is 5.97 Å². The van der Waals surface area contributed by atoms with Gasteiger partial charge in [0.15, 0.2) is 0 Å². The third kappa shape index (κ3) is 3.04. The number of nitrogens with two attached hydrogens (primary N) is 1. The monoisotopic (exact) mass is 363 g/mol. The van der Waals surface area contributed by atoms with Crippen LogP contribution in [0.1, 0.15) is 26.4 Å². The van der Waals surface area contributed by atoms with E-state index < -0.39 is 27.8 Å². The molecule has 1 aliphatic rings. The van der Waals surface area contributed by atoms with Crippen LogP contribution in [0.15, 0.2) is 41.4 Å². The van der Waals surface area contributed by atoms with Crippen LogP contribution in [0.3, 0.4) is 0 Å². The van der Waals surface area contributed by atoms with E-state index in [0.29, 0.717) is 10.8 Å². The van der Waals surface area contributed by atoms with Crippen LogP contribution < -0.4 is 5.14 Å². The number of hydrogen-bond acceptors (Lipinski definition) is 6. The van der Waals surface area contributed by atoms with Crippen LogP contribution in [-0.4, -0.2) is 35.8 Å². The van der Waals surface area contributed by atoms with Crippen molar-refractivity contribution in [3.63, 3.8) is 0 Å². The molecule has 9 nitrogen and oxygen atoms in total. The highest BCUT2D eigenvalue weighted by Crippen LogP contribution is 2.23. The molecule has 1 aliphatic heterocycles.